The van der Waals surface area contributed by atoms with E-state index in [1.54, 1.807) is 0 Å². The minimum atomic E-state index is -0.0615. The average molecular weight is 270 g/mol. The van der Waals surface area contributed by atoms with E-state index in [9.17, 15) is 5.11 Å². The van der Waals surface area contributed by atoms with Crippen molar-refractivity contribution in [2.75, 3.05) is 0 Å². The van der Waals surface area contributed by atoms with Gasteiger partial charge < -0.3 is 5.11 Å². The van der Waals surface area contributed by atoms with Crippen LogP contribution in [0.1, 0.15) is 58.2 Å². The molecule has 0 radical (unpaired) electrons. The van der Waals surface area contributed by atoms with Gasteiger partial charge in [-0.15, -0.1) is 0 Å². The smallest absolute Gasteiger partial charge is 0.127 e. The highest BCUT2D eigenvalue weighted by Crippen LogP contribution is 2.42. The standard InChI is InChI=1S/C19H26O/c1-12-11-15(19(5,6)7)17(20)16-13(12)9-8-10-14(16)18(2,3)4/h8-11,20H,1-7H3. The van der Waals surface area contributed by atoms with Gasteiger partial charge in [-0.2, -0.15) is 0 Å². The first-order chi connectivity index (χ1) is 9.03. The molecule has 0 amide bonds. The van der Waals surface area contributed by atoms with E-state index in [1.165, 1.54) is 11.1 Å². The lowest BCUT2D eigenvalue weighted by Crippen LogP contribution is -2.15. The van der Waals surface area contributed by atoms with Crippen LogP contribution in [0.4, 0.5) is 0 Å². The van der Waals surface area contributed by atoms with E-state index in [2.05, 4.69) is 72.7 Å². The molecule has 0 bridgehead atoms. The van der Waals surface area contributed by atoms with Gasteiger partial charge in [-0.25, -0.2) is 0 Å². The summed E-state index contributed by atoms with van der Waals surface area (Å²) in [6.07, 6.45) is 0. The Bertz CT molecular complexity index is 652. The van der Waals surface area contributed by atoms with E-state index in [4.69, 9.17) is 0 Å². The number of benzene rings is 2. The highest BCUT2D eigenvalue weighted by atomic mass is 16.3. The van der Waals surface area contributed by atoms with Crippen molar-refractivity contribution in [2.45, 2.75) is 59.3 Å². The highest BCUT2D eigenvalue weighted by molar-refractivity contribution is 5.95. The van der Waals surface area contributed by atoms with E-state index >= 15 is 0 Å². The van der Waals surface area contributed by atoms with E-state index in [0.29, 0.717) is 5.75 Å². The topological polar surface area (TPSA) is 20.2 Å². The van der Waals surface area contributed by atoms with Crippen molar-refractivity contribution in [1.82, 2.24) is 0 Å². The molecule has 0 aliphatic rings. The molecule has 108 valence electrons. The lowest BCUT2D eigenvalue weighted by Gasteiger charge is -2.27. The minimum Gasteiger partial charge on any atom is -0.507 e. The maximum atomic E-state index is 10.9. The number of hydrogen-bond donors (Lipinski definition) is 1. The first-order valence-corrected chi connectivity index (χ1v) is 7.29. The van der Waals surface area contributed by atoms with Crippen LogP contribution in [0.25, 0.3) is 10.8 Å². The van der Waals surface area contributed by atoms with E-state index in [-0.39, 0.29) is 10.8 Å². The predicted octanol–water partition coefficient (Wildman–Crippen LogP) is 5.45. The van der Waals surface area contributed by atoms with Crippen molar-refractivity contribution >= 4 is 10.8 Å². The predicted molar refractivity (Wildman–Crippen MR) is 87.7 cm³/mol. The summed E-state index contributed by atoms with van der Waals surface area (Å²) in [6, 6.07) is 8.45. The van der Waals surface area contributed by atoms with Gasteiger partial charge in [-0.05, 0) is 34.3 Å². The van der Waals surface area contributed by atoms with Crippen LogP contribution < -0.4 is 0 Å². The number of aryl methyl sites for hydroxylation is 1. The van der Waals surface area contributed by atoms with Gasteiger partial charge in [0.1, 0.15) is 5.75 Å². The third-order valence-electron chi connectivity index (χ3n) is 3.96. The van der Waals surface area contributed by atoms with E-state index < -0.39 is 0 Å². The second-order valence-electron chi connectivity index (χ2n) is 7.82. The molecule has 0 aliphatic carbocycles. The molecule has 0 fully saturated rings. The summed E-state index contributed by atoms with van der Waals surface area (Å²) >= 11 is 0. The van der Waals surface area contributed by atoms with Gasteiger partial charge in [0.25, 0.3) is 0 Å². The Kier molecular flexibility index (Phi) is 3.36. The zero-order valence-corrected chi connectivity index (χ0v) is 13.8. The molecule has 0 unspecified atom stereocenters. The molecule has 0 atom stereocenters. The first kappa shape index (κ1) is 14.9. The molecular formula is C19H26O. The summed E-state index contributed by atoms with van der Waals surface area (Å²) in [5.41, 5.74) is 3.42. The summed E-state index contributed by atoms with van der Waals surface area (Å²) in [5, 5.41) is 13.0. The number of fused-ring (bicyclic) bond motifs is 1. The van der Waals surface area contributed by atoms with Crippen LogP contribution in [0.15, 0.2) is 24.3 Å². The Morgan fingerprint density at radius 1 is 0.850 bits per heavy atom. The lowest BCUT2D eigenvalue weighted by molar-refractivity contribution is 0.451. The molecule has 0 heterocycles. The molecule has 1 heteroatoms. The van der Waals surface area contributed by atoms with Crippen molar-refractivity contribution in [1.29, 1.82) is 0 Å². The van der Waals surface area contributed by atoms with Crippen molar-refractivity contribution in [3.05, 3.63) is 41.0 Å². The highest BCUT2D eigenvalue weighted by Gasteiger charge is 2.25. The van der Waals surface area contributed by atoms with E-state index in [0.717, 1.165) is 16.3 Å². The van der Waals surface area contributed by atoms with Crippen molar-refractivity contribution in [2.24, 2.45) is 0 Å². The van der Waals surface area contributed by atoms with Crippen LogP contribution in [0.3, 0.4) is 0 Å². The fourth-order valence-corrected chi connectivity index (χ4v) is 2.83. The second kappa shape index (κ2) is 4.51. The van der Waals surface area contributed by atoms with Gasteiger partial charge >= 0.3 is 0 Å². The van der Waals surface area contributed by atoms with Gasteiger partial charge in [0.15, 0.2) is 0 Å². The van der Waals surface area contributed by atoms with Gasteiger partial charge in [0.05, 0.1) is 0 Å². The van der Waals surface area contributed by atoms with Crippen molar-refractivity contribution in [3.63, 3.8) is 0 Å². The van der Waals surface area contributed by atoms with Crippen LogP contribution in [0.5, 0.6) is 5.75 Å². The number of phenols is 1. The van der Waals surface area contributed by atoms with Gasteiger partial charge in [-0.3, -0.25) is 0 Å². The van der Waals surface area contributed by atoms with Crippen LogP contribution >= 0.6 is 0 Å². The normalized spacial score (nSPS) is 12.9. The molecule has 1 N–H and O–H groups in total. The molecular weight excluding hydrogens is 244 g/mol. The summed E-state index contributed by atoms with van der Waals surface area (Å²) < 4.78 is 0. The Morgan fingerprint density at radius 2 is 1.40 bits per heavy atom. The molecule has 20 heavy (non-hydrogen) atoms. The second-order valence-corrected chi connectivity index (χ2v) is 7.82. The number of rotatable bonds is 0. The third-order valence-corrected chi connectivity index (χ3v) is 3.96. The fourth-order valence-electron chi connectivity index (χ4n) is 2.83. The van der Waals surface area contributed by atoms with E-state index in [1.807, 2.05) is 0 Å². The van der Waals surface area contributed by atoms with Crippen molar-refractivity contribution < 1.29 is 5.11 Å². The van der Waals surface area contributed by atoms with Crippen LogP contribution in [0.2, 0.25) is 0 Å². The fraction of sp³-hybridized carbons (Fsp3) is 0.474. The average Bonchev–Trinajstić information content (AvgIpc) is 2.30. The lowest BCUT2D eigenvalue weighted by atomic mass is 9.78. The molecule has 0 aliphatic heterocycles. The van der Waals surface area contributed by atoms with Crippen LogP contribution in [0, 0.1) is 6.92 Å². The Hall–Kier alpha value is -1.50. The molecule has 2 rings (SSSR count). The van der Waals surface area contributed by atoms with Gasteiger partial charge in [0.2, 0.25) is 0 Å². The van der Waals surface area contributed by atoms with Crippen molar-refractivity contribution in [3.8, 4) is 5.75 Å². The molecule has 1 nitrogen and oxygen atoms in total. The molecule has 0 saturated heterocycles. The molecule has 0 spiro atoms. The summed E-state index contributed by atoms with van der Waals surface area (Å²) in [5.74, 6) is 0.448. The number of hydrogen-bond acceptors (Lipinski definition) is 1. The maximum absolute atomic E-state index is 10.9. The Labute approximate surface area is 122 Å². The summed E-state index contributed by atoms with van der Waals surface area (Å²) in [4.78, 5) is 0. The Balaban J connectivity index is 2.97. The van der Waals surface area contributed by atoms with Crippen LogP contribution in [-0.2, 0) is 10.8 Å². The molecule has 2 aromatic rings. The third kappa shape index (κ3) is 2.42. The quantitative estimate of drug-likeness (QED) is 0.675. The SMILES string of the molecule is Cc1cc(C(C)(C)C)c(O)c2c(C(C)(C)C)cccc12. The largest absolute Gasteiger partial charge is 0.507 e. The monoisotopic (exact) mass is 270 g/mol. The molecule has 0 aromatic heterocycles. The Morgan fingerprint density at radius 3 is 1.90 bits per heavy atom. The number of phenolic OH excluding ortho intramolecular Hbond substituents is 1. The molecule has 0 saturated carbocycles. The first-order valence-electron chi connectivity index (χ1n) is 7.29. The van der Waals surface area contributed by atoms with Gasteiger partial charge in [0, 0.05) is 10.9 Å². The zero-order valence-electron chi connectivity index (χ0n) is 13.8. The summed E-state index contributed by atoms with van der Waals surface area (Å²) in [7, 11) is 0. The van der Waals surface area contributed by atoms with Crippen LogP contribution in [-0.4, -0.2) is 5.11 Å². The van der Waals surface area contributed by atoms with Gasteiger partial charge in [-0.1, -0.05) is 65.8 Å². The zero-order chi connectivity index (χ0) is 15.3. The maximum Gasteiger partial charge on any atom is 0.127 e. The summed E-state index contributed by atoms with van der Waals surface area (Å²) in [6.45, 7) is 15.2. The number of aromatic hydroxyl groups is 1. The minimum absolute atomic E-state index is 0.0138. The molecule has 2 aromatic carbocycles.